The molecule has 172 valence electrons. The number of nitro groups is 1. The second kappa shape index (κ2) is 9.51. The van der Waals surface area contributed by atoms with E-state index >= 15 is 0 Å². The summed E-state index contributed by atoms with van der Waals surface area (Å²) in [7, 11) is -3.75. The zero-order chi connectivity index (χ0) is 22.7. The minimum Gasteiger partial charge on any atom is -0.363 e. The minimum absolute atomic E-state index is 0.0342. The Kier molecular flexibility index (Phi) is 6.73. The predicted molar refractivity (Wildman–Crippen MR) is 120 cm³/mol. The van der Waals surface area contributed by atoms with Crippen molar-refractivity contribution in [2.45, 2.75) is 30.7 Å². The summed E-state index contributed by atoms with van der Waals surface area (Å²) in [4.78, 5) is 15.2. The summed E-state index contributed by atoms with van der Waals surface area (Å²) in [5.41, 5.74) is 0.836. The molecule has 0 atom stereocenters. The van der Waals surface area contributed by atoms with Gasteiger partial charge in [0, 0.05) is 57.4 Å². The van der Waals surface area contributed by atoms with E-state index < -0.39 is 14.9 Å². The molecular formula is C22H27FN4O4S. The third kappa shape index (κ3) is 4.77. The molecule has 2 saturated heterocycles. The van der Waals surface area contributed by atoms with E-state index in [9.17, 15) is 22.9 Å². The van der Waals surface area contributed by atoms with Crippen molar-refractivity contribution >= 4 is 21.4 Å². The summed E-state index contributed by atoms with van der Waals surface area (Å²) in [6.45, 7) is 3.69. The fourth-order valence-electron chi connectivity index (χ4n) is 4.35. The van der Waals surface area contributed by atoms with Crippen LogP contribution in [0.2, 0.25) is 0 Å². The van der Waals surface area contributed by atoms with E-state index in [1.807, 2.05) is 4.90 Å². The number of hydrogen-bond acceptors (Lipinski definition) is 6. The van der Waals surface area contributed by atoms with Crippen LogP contribution in [0.3, 0.4) is 0 Å². The maximum Gasteiger partial charge on any atom is 0.293 e. The van der Waals surface area contributed by atoms with Crippen molar-refractivity contribution in [2.24, 2.45) is 0 Å². The molecule has 2 aromatic rings. The smallest absolute Gasteiger partial charge is 0.293 e. The number of anilines is 1. The lowest BCUT2D eigenvalue weighted by Gasteiger charge is -2.36. The number of piperazine rings is 1. The topological polar surface area (TPSA) is 87.0 Å². The van der Waals surface area contributed by atoms with Crippen molar-refractivity contribution in [1.29, 1.82) is 0 Å². The molecule has 8 nitrogen and oxygen atoms in total. The number of sulfonamides is 1. The zero-order valence-electron chi connectivity index (χ0n) is 17.8. The number of piperidine rings is 1. The first-order valence-electron chi connectivity index (χ1n) is 10.9. The fourth-order valence-corrected chi connectivity index (χ4v) is 5.88. The van der Waals surface area contributed by atoms with Gasteiger partial charge in [-0.05, 0) is 31.0 Å². The van der Waals surface area contributed by atoms with Crippen LogP contribution in [-0.4, -0.2) is 61.8 Å². The Labute approximate surface area is 187 Å². The van der Waals surface area contributed by atoms with Gasteiger partial charge < -0.3 is 4.90 Å². The van der Waals surface area contributed by atoms with E-state index in [-0.39, 0.29) is 16.4 Å². The van der Waals surface area contributed by atoms with Crippen LogP contribution in [0.4, 0.5) is 15.8 Å². The molecule has 2 aliphatic rings. The highest BCUT2D eigenvalue weighted by atomic mass is 32.2. The minimum atomic E-state index is -3.75. The summed E-state index contributed by atoms with van der Waals surface area (Å²) in [5.74, 6) is -0.240. The van der Waals surface area contributed by atoms with E-state index in [2.05, 4.69) is 4.90 Å². The number of nitrogens with zero attached hydrogens (tertiary/aromatic N) is 4. The molecule has 0 amide bonds. The maximum absolute atomic E-state index is 13.9. The van der Waals surface area contributed by atoms with Gasteiger partial charge in [0.25, 0.3) is 5.69 Å². The first-order valence-corrected chi connectivity index (χ1v) is 12.3. The molecule has 0 spiro atoms. The molecule has 0 aromatic heterocycles. The summed E-state index contributed by atoms with van der Waals surface area (Å²) < 4.78 is 41.2. The standard InChI is InChI=1S/C22H27FN4O4S/c23-20-7-3-2-6-18(20)17-24-12-14-25(15-13-24)21-9-8-19(16-22(21)27(28)29)32(30,31)26-10-4-1-5-11-26/h2-3,6-9,16H,1,4-5,10-15,17H2. The Hall–Kier alpha value is -2.56. The average Bonchev–Trinajstić information content (AvgIpc) is 2.81. The second-order valence-corrected chi connectivity index (χ2v) is 10.2. The third-order valence-corrected chi connectivity index (χ3v) is 8.06. The first kappa shape index (κ1) is 22.6. The van der Waals surface area contributed by atoms with E-state index in [0.29, 0.717) is 57.1 Å². The monoisotopic (exact) mass is 462 g/mol. The Morgan fingerprint density at radius 2 is 1.62 bits per heavy atom. The van der Waals surface area contributed by atoms with Gasteiger partial charge in [-0.1, -0.05) is 24.6 Å². The van der Waals surface area contributed by atoms with Crippen molar-refractivity contribution < 1.29 is 17.7 Å². The Bertz CT molecular complexity index is 1080. The predicted octanol–water partition coefficient (Wildman–Crippen LogP) is 3.23. The molecule has 2 heterocycles. The molecule has 0 bridgehead atoms. The summed E-state index contributed by atoms with van der Waals surface area (Å²) in [6, 6.07) is 10.9. The van der Waals surface area contributed by atoms with Crippen molar-refractivity contribution in [3.05, 3.63) is 64.0 Å². The summed E-state index contributed by atoms with van der Waals surface area (Å²) in [6.07, 6.45) is 2.60. The molecule has 0 N–H and O–H groups in total. The molecule has 0 radical (unpaired) electrons. The first-order chi connectivity index (χ1) is 15.4. The van der Waals surface area contributed by atoms with Gasteiger partial charge in [0.2, 0.25) is 10.0 Å². The highest BCUT2D eigenvalue weighted by Crippen LogP contribution is 2.33. The van der Waals surface area contributed by atoms with Crippen LogP contribution in [0, 0.1) is 15.9 Å². The normalized spacial score (nSPS) is 18.6. The van der Waals surface area contributed by atoms with Crippen molar-refractivity contribution in [3.63, 3.8) is 0 Å². The lowest BCUT2D eigenvalue weighted by molar-refractivity contribution is -0.384. The second-order valence-electron chi connectivity index (χ2n) is 8.23. The van der Waals surface area contributed by atoms with E-state index in [0.717, 1.165) is 19.3 Å². The van der Waals surface area contributed by atoms with E-state index in [4.69, 9.17) is 0 Å². The number of rotatable bonds is 6. The summed E-state index contributed by atoms with van der Waals surface area (Å²) >= 11 is 0. The number of benzene rings is 2. The van der Waals surface area contributed by atoms with E-state index in [1.54, 1.807) is 24.3 Å². The molecule has 2 aliphatic heterocycles. The zero-order valence-corrected chi connectivity index (χ0v) is 18.6. The molecule has 0 saturated carbocycles. The van der Waals surface area contributed by atoms with Crippen LogP contribution in [-0.2, 0) is 16.6 Å². The van der Waals surface area contributed by atoms with Crippen LogP contribution in [0.5, 0.6) is 0 Å². The van der Waals surface area contributed by atoms with Gasteiger partial charge in [-0.3, -0.25) is 15.0 Å². The van der Waals surface area contributed by atoms with Gasteiger partial charge in [0.05, 0.1) is 9.82 Å². The third-order valence-electron chi connectivity index (χ3n) is 6.16. The Balaban J connectivity index is 1.49. The van der Waals surface area contributed by atoms with Gasteiger partial charge in [-0.15, -0.1) is 0 Å². The highest BCUT2D eigenvalue weighted by molar-refractivity contribution is 7.89. The molecule has 0 aliphatic carbocycles. The van der Waals surface area contributed by atoms with Crippen LogP contribution in [0.1, 0.15) is 24.8 Å². The van der Waals surface area contributed by atoms with Gasteiger partial charge >= 0.3 is 0 Å². The highest BCUT2D eigenvalue weighted by Gasteiger charge is 2.30. The molecule has 32 heavy (non-hydrogen) atoms. The molecule has 2 fully saturated rings. The van der Waals surface area contributed by atoms with Crippen molar-refractivity contribution in [2.75, 3.05) is 44.2 Å². The number of nitro benzene ring substituents is 1. The van der Waals surface area contributed by atoms with Crippen molar-refractivity contribution in [1.82, 2.24) is 9.21 Å². The van der Waals surface area contributed by atoms with Crippen molar-refractivity contribution in [3.8, 4) is 0 Å². The van der Waals surface area contributed by atoms with Gasteiger partial charge in [0.15, 0.2) is 0 Å². The Morgan fingerprint density at radius 1 is 0.938 bits per heavy atom. The molecular weight excluding hydrogens is 435 g/mol. The fraction of sp³-hybridized carbons (Fsp3) is 0.455. The average molecular weight is 463 g/mol. The lowest BCUT2D eigenvalue weighted by Crippen LogP contribution is -2.46. The Morgan fingerprint density at radius 3 is 2.28 bits per heavy atom. The number of hydrogen-bond donors (Lipinski definition) is 0. The summed E-state index contributed by atoms with van der Waals surface area (Å²) in [5, 5.41) is 11.8. The van der Waals surface area contributed by atoms with Crippen LogP contribution >= 0.6 is 0 Å². The van der Waals surface area contributed by atoms with Crippen LogP contribution in [0.25, 0.3) is 0 Å². The quantitative estimate of drug-likeness (QED) is 0.484. The largest absolute Gasteiger partial charge is 0.363 e. The van der Waals surface area contributed by atoms with Gasteiger partial charge in [-0.25, -0.2) is 12.8 Å². The van der Waals surface area contributed by atoms with Gasteiger partial charge in [0.1, 0.15) is 11.5 Å². The lowest BCUT2D eigenvalue weighted by atomic mass is 10.1. The maximum atomic E-state index is 13.9. The van der Waals surface area contributed by atoms with Crippen LogP contribution in [0.15, 0.2) is 47.4 Å². The SMILES string of the molecule is O=[N+]([O-])c1cc(S(=O)(=O)N2CCCCC2)ccc1N1CCN(Cc2ccccc2F)CC1. The van der Waals surface area contributed by atoms with Gasteiger partial charge in [-0.2, -0.15) is 4.31 Å². The molecule has 0 unspecified atom stereocenters. The molecule has 10 heteroatoms. The molecule has 2 aromatic carbocycles. The molecule has 4 rings (SSSR count). The van der Waals surface area contributed by atoms with Crippen LogP contribution < -0.4 is 4.90 Å². The number of halogens is 1. The van der Waals surface area contributed by atoms with E-state index in [1.165, 1.54) is 22.5 Å².